The number of nitrogens with zero attached hydrogens (tertiary/aromatic N) is 1. The zero-order chi connectivity index (χ0) is 14.1. The number of aromatic nitrogens is 1. The second kappa shape index (κ2) is 5.05. The monoisotopic (exact) mass is 289 g/mol. The predicted molar refractivity (Wildman–Crippen MR) is 50.5 cm³/mol. The van der Waals surface area contributed by atoms with Crippen LogP contribution in [0.3, 0.4) is 0 Å². The van der Waals surface area contributed by atoms with Gasteiger partial charge in [0, 0.05) is 11.8 Å². The van der Waals surface area contributed by atoms with Gasteiger partial charge in [-0.1, -0.05) is 11.6 Å². The van der Waals surface area contributed by atoms with Crippen LogP contribution in [0, 0.1) is 0 Å². The third-order valence-electron chi connectivity index (χ3n) is 2.00. The van der Waals surface area contributed by atoms with E-state index in [1.807, 2.05) is 0 Å². The molecule has 3 nitrogen and oxygen atoms in total. The fourth-order valence-electron chi connectivity index (χ4n) is 1.36. The summed E-state index contributed by atoms with van der Waals surface area (Å²) in [6.45, 7) is 0. The Morgan fingerprint density at radius 1 is 1.44 bits per heavy atom. The highest BCUT2D eigenvalue weighted by molar-refractivity contribution is 6.30. The largest absolute Gasteiger partial charge is 0.481 e. The fraction of sp³-hybridized carbons (Fsp3) is 0.333. The maximum Gasteiger partial charge on any atom is 0.419 e. The van der Waals surface area contributed by atoms with Gasteiger partial charge in [-0.2, -0.15) is 13.2 Å². The zero-order valence-corrected chi connectivity index (χ0v) is 9.19. The summed E-state index contributed by atoms with van der Waals surface area (Å²) in [6.07, 6.45) is -9.03. The van der Waals surface area contributed by atoms with Gasteiger partial charge in [0.05, 0.1) is 6.42 Å². The van der Waals surface area contributed by atoms with Crippen molar-refractivity contribution in [1.29, 1.82) is 0 Å². The molecular formula is C9H5ClF5NO2. The van der Waals surface area contributed by atoms with Gasteiger partial charge >= 0.3 is 12.1 Å². The van der Waals surface area contributed by atoms with Gasteiger partial charge in [0.1, 0.15) is 10.7 Å². The van der Waals surface area contributed by atoms with Gasteiger partial charge in [-0.3, -0.25) is 4.79 Å². The Kier molecular flexibility index (Phi) is 4.10. The van der Waals surface area contributed by atoms with Crippen molar-refractivity contribution in [2.45, 2.75) is 19.0 Å². The second-order valence-corrected chi connectivity index (χ2v) is 3.59. The van der Waals surface area contributed by atoms with Crippen LogP contribution in [-0.2, 0) is 17.4 Å². The molecule has 0 fully saturated rings. The third kappa shape index (κ3) is 3.06. The SMILES string of the molecule is O=C(O)Cc1cnc(Cl)c(C(F)(F)F)c1C(F)F. The number of carboxylic acid groups (broad SMARTS) is 1. The Labute approximate surface area is 102 Å². The van der Waals surface area contributed by atoms with E-state index in [1.54, 1.807) is 0 Å². The van der Waals surface area contributed by atoms with E-state index in [-0.39, 0.29) is 0 Å². The predicted octanol–water partition coefficient (Wildman–Crippen LogP) is 3.32. The Morgan fingerprint density at radius 2 is 2.00 bits per heavy atom. The van der Waals surface area contributed by atoms with E-state index in [0.717, 1.165) is 0 Å². The van der Waals surface area contributed by atoms with E-state index in [1.165, 1.54) is 0 Å². The van der Waals surface area contributed by atoms with Crippen LogP contribution >= 0.6 is 11.6 Å². The highest BCUT2D eigenvalue weighted by Crippen LogP contribution is 2.41. The topological polar surface area (TPSA) is 50.2 Å². The van der Waals surface area contributed by atoms with Crippen molar-refractivity contribution in [2.75, 3.05) is 0 Å². The van der Waals surface area contributed by atoms with Crippen LogP contribution in [-0.4, -0.2) is 16.1 Å². The van der Waals surface area contributed by atoms with Gasteiger partial charge in [0.25, 0.3) is 6.43 Å². The van der Waals surface area contributed by atoms with E-state index in [9.17, 15) is 26.7 Å². The Bertz CT molecular complexity index is 475. The maximum absolute atomic E-state index is 12.7. The average Bonchev–Trinajstić information content (AvgIpc) is 2.17. The summed E-state index contributed by atoms with van der Waals surface area (Å²) in [6, 6.07) is 0. The van der Waals surface area contributed by atoms with Gasteiger partial charge < -0.3 is 5.11 Å². The van der Waals surface area contributed by atoms with E-state index < -0.39 is 46.8 Å². The van der Waals surface area contributed by atoms with Crippen LogP contribution in [0.2, 0.25) is 5.15 Å². The van der Waals surface area contributed by atoms with Crippen LogP contribution in [0.4, 0.5) is 22.0 Å². The maximum atomic E-state index is 12.7. The standard InChI is InChI=1S/C9H5ClF5NO2/c10-7-6(9(13,14)15)5(8(11)12)3(2-16-7)1-4(17)18/h2,8H,1H2,(H,17,18). The molecule has 1 N–H and O–H groups in total. The third-order valence-corrected chi connectivity index (χ3v) is 2.29. The molecule has 9 heteroatoms. The van der Waals surface area contributed by atoms with Crippen molar-refractivity contribution < 1.29 is 31.9 Å². The molecule has 0 amide bonds. The first kappa shape index (κ1) is 14.6. The molecular weight excluding hydrogens is 285 g/mol. The average molecular weight is 290 g/mol. The smallest absolute Gasteiger partial charge is 0.419 e. The molecule has 1 aromatic heterocycles. The minimum absolute atomic E-state index is 0.604. The van der Waals surface area contributed by atoms with Crippen LogP contribution in [0.15, 0.2) is 6.20 Å². The van der Waals surface area contributed by atoms with Crippen molar-refractivity contribution in [3.8, 4) is 0 Å². The summed E-state index contributed by atoms with van der Waals surface area (Å²) in [5.41, 5.74) is -3.95. The van der Waals surface area contributed by atoms with E-state index in [0.29, 0.717) is 6.20 Å². The van der Waals surface area contributed by atoms with Crippen molar-refractivity contribution in [1.82, 2.24) is 4.98 Å². The van der Waals surface area contributed by atoms with E-state index >= 15 is 0 Å². The molecule has 0 saturated heterocycles. The van der Waals surface area contributed by atoms with Crippen LogP contribution in [0.5, 0.6) is 0 Å². The summed E-state index contributed by atoms with van der Waals surface area (Å²) >= 11 is 5.15. The number of aliphatic carboxylic acids is 1. The summed E-state index contributed by atoms with van der Waals surface area (Å²) in [4.78, 5) is 13.5. The lowest BCUT2D eigenvalue weighted by molar-refractivity contribution is -0.140. The number of alkyl halides is 5. The fourth-order valence-corrected chi connectivity index (χ4v) is 1.62. The first-order valence-corrected chi connectivity index (χ1v) is 4.76. The van der Waals surface area contributed by atoms with Crippen molar-refractivity contribution in [3.05, 3.63) is 28.0 Å². The van der Waals surface area contributed by atoms with E-state index in [2.05, 4.69) is 4.98 Å². The molecule has 0 spiro atoms. The summed E-state index contributed by atoms with van der Waals surface area (Å²) in [5, 5.41) is 7.32. The highest BCUT2D eigenvalue weighted by Gasteiger charge is 2.40. The van der Waals surface area contributed by atoms with Crippen molar-refractivity contribution in [3.63, 3.8) is 0 Å². The quantitative estimate of drug-likeness (QED) is 0.686. The normalized spacial score (nSPS) is 11.9. The molecule has 0 radical (unpaired) electrons. The number of carboxylic acids is 1. The van der Waals surface area contributed by atoms with Gasteiger partial charge in [0.15, 0.2) is 0 Å². The zero-order valence-electron chi connectivity index (χ0n) is 8.43. The number of hydrogen-bond donors (Lipinski definition) is 1. The molecule has 1 aromatic rings. The van der Waals surface area contributed by atoms with Gasteiger partial charge in [-0.25, -0.2) is 13.8 Å². The molecule has 0 aliphatic heterocycles. The summed E-state index contributed by atoms with van der Waals surface area (Å²) < 4.78 is 63.1. The first-order chi connectivity index (χ1) is 8.14. The number of rotatable bonds is 3. The number of pyridine rings is 1. The molecule has 1 rings (SSSR count). The molecule has 0 aliphatic carbocycles. The summed E-state index contributed by atoms with van der Waals surface area (Å²) in [7, 11) is 0. The first-order valence-electron chi connectivity index (χ1n) is 4.39. The molecule has 0 aromatic carbocycles. The molecule has 0 aliphatic rings. The number of carbonyl (C=O) groups is 1. The minimum Gasteiger partial charge on any atom is -0.481 e. The van der Waals surface area contributed by atoms with Crippen LogP contribution in [0.25, 0.3) is 0 Å². The Balaban J connectivity index is 3.53. The molecule has 0 saturated carbocycles. The number of hydrogen-bond acceptors (Lipinski definition) is 2. The minimum atomic E-state index is -5.13. The molecule has 18 heavy (non-hydrogen) atoms. The second-order valence-electron chi connectivity index (χ2n) is 3.23. The number of halogens is 6. The Hall–Kier alpha value is -1.44. The summed E-state index contributed by atoms with van der Waals surface area (Å²) in [5.74, 6) is -1.55. The van der Waals surface area contributed by atoms with Gasteiger partial charge in [0.2, 0.25) is 0 Å². The van der Waals surface area contributed by atoms with Crippen molar-refractivity contribution >= 4 is 17.6 Å². The molecule has 1 heterocycles. The molecule has 100 valence electrons. The van der Waals surface area contributed by atoms with Crippen LogP contribution in [0.1, 0.15) is 23.1 Å². The van der Waals surface area contributed by atoms with E-state index in [4.69, 9.17) is 16.7 Å². The van der Waals surface area contributed by atoms with Gasteiger partial charge in [-0.05, 0) is 5.56 Å². The lowest BCUT2D eigenvalue weighted by Crippen LogP contribution is -2.15. The molecule has 0 atom stereocenters. The Morgan fingerprint density at radius 3 is 2.39 bits per heavy atom. The molecule has 0 unspecified atom stereocenters. The van der Waals surface area contributed by atoms with Crippen molar-refractivity contribution in [2.24, 2.45) is 0 Å². The van der Waals surface area contributed by atoms with Crippen LogP contribution < -0.4 is 0 Å². The molecule has 0 bridgehead atoms. The highest BCUT2D eigenvalue weighted by atomic mass is 35.5. The lowest BCUT2D eigenvalue weighted by atomic mass is 10.0. The van der Waals surface area contributed by atoms with Gasteiger partial charge in [-0.15, -0.1) is 0 Å². The lowest BCUT2D eigenvalue weighted by Gasteiger charge is -2.16.